The molecule has 3 saturated heterocycles. The molecule has 7 heteroatoms. The molecule has 4 rings (SSSR count). The molecule has 0 saturated carbocycles. The Hall–Kier alpha value is -0.470. The highest BCUT2D eigenvalue weighted by Crippen LogP contribution is 2.29. The first-order valence-electron chi connectivity index (χ1n) is 6.61. The fraction of sp³-hybridized carbons (Fsp3) is 0.667. The fourth-order valence-electron chi connectivity index (χ4n) is 3.08. The SMILES string of the molecule is NCc1sccc1S(=O)(=O)NC1CN2CCC1CC2. The van der Waals surface area contributed by atoms with Crippen LogP contribution in [0.25, 0.3) is 0 Å². The van der Waals surface area contributed by atoms with Crippen molar-refractivity contribution in [2.75, 3.05) is 19.6 Å². The Kier molecular flexibility index (Phi) is 3.65. The standard InChI is InChI=1S/C12H19N3O2S2/c13-7-11-12(3-6-18-11)19(16,17)14-10-8-15-4-1-9(10)2-5-15/h3,6,9-10,14H,1-2,4-5,7-8,13H2. The van der Waals surface area contributed by atoms with Gasteiger partial charge in [-0.25, -0.2) is 13.1 Å². The molecule has 2 bridgehead atoms. The van der Waals surface area contributed by atoms with Gasteiger partial charge >= 0.3 is 0 Å². The summed E-state index contributed by atoms with van der Waals surface area (Å²) in [5.74, 6) is 0.486. The van der Waals surface area contributed by atoms with E-state index in [9.17, 15) is 8.42 Å². The van der Waals surface area contributed by atoms with Crippen LogP contribution in [-0.4, -0.2) is 39.0 Å². The monoisotopic (exact) mass is 301 g/mol. The van der Waals surface area contributed by atoms with Crippen LogP contribution >= 0.6 is 11.3 Å². The molecule has 3 aliphatic rings. The summed E-state index contributed by atoms with van der Waals surface area (Å²) >= 11 is 1.40. The summed E-state index contributed by atoms with van der Waals surface area (Å²) in [6, 6.07) is 1.70. The molecule has 3 N–H and O–H groups in total. The van der Waals surface area contributed by atoms with Gasteiger partial charge in [0.05, 0.1) is 4.90 Å². The maximum absolute atomic E-state index is 12.4. The van der Waals surface area contributed by atoms with Gasteiger partial charge in [-0.3, -0.25) is 0 Å². The van der Waals surface area contributed by atoms with Gasteiger partial charge < -0.3 is 10.6 Å². The summed E-state index contributed by atoms with van der Waals surface area (Å²) in [5.41, 5.74) is 5.60. The maximum atomic E-state index is 12.4. The summed E-state index contributed by atoms with van der Waals surface area (Å²) in [5, 5.41) is 1.78. The molecule has 0 aliphatic carbocycles. The van der Waals surface area contributed by atoms with E-state index in [2.05, 4.69) is 9.62 Å². The van der Waals surface area contributed by atoms with E-state index in [-0.39, 0.29) is 12.6 Å². The van der Waals surface area contributed by atoms with Crippen molar-refractivity contribution < 1.29 is 8.42 Å². The van der Waals surface area contributed by atoms with Crippen molar-refractivity contribution in [3.05, 3.63) is 16.3 Å². The summed E-state index contributed by atoms with van der Waals surface area (Å²) in [4.78, 5) is 3.43. The lowest BCUT2D eigenvalue weighted by Gasteiger charge is -2.44. The van der Waals surface area contributed by atoms with Gasteiger partial charge in [-0.1, -0.05) is 0 Å². The number of nitrogens with zero attached hydrogens (tertiary/aromatic N) is 1. The van der Waals surface area contributed by atoms with Crippen molar-refractivity contribution in [3.8, 4) is 0 Å². The third-order valence-electron chi connectivity index (χ3n) is 4.14. The van der Waals surface area contributed by atoms with Crippen LogP contribution in [0.3, 0.4) is 0 Å². The van der Waals surface area contributed by atoms with Gasteiger partial charge in [-0.2, -0.15) is 0 Å². The van der Waals surface area contributed by atoms with Crippen molar-refractivity contribution in [2.24, 2.45) is 11.7 Å². The summed E-state index contributed by atoms with van der Waals surface area (Å²) < 4.78 is 27.8. The number of nitrogens with one attached hydrogen (secondary N) is 1. The fourth-order valence-corrected chi connectivity index (χ4v) is 5.71. The average Bonchev–Trinajstić information content (AvgIpc) is 2.89. The highest BCUT2D eigenvalue weighted by atomic mass is 32.2. The topological polar surface area (TPSA) is 75.4 Å². The van der Waals surface area contributed by atoms with Gasteiger partial charge in [0.25, 0.3) is 0 Å². The average molecular weight is 301 g/mol. The largest absolute Gasteiger partial charge is 0.326 e. The molecule has 1 atom stereocenters. The predicted octanol–water partition coefficient (Wildman–Crippen LogP) is 0.579. The van der Waals surface area contributed by atoms with Crippen molar-refractivity contribution in [1.29, 1.82) is 0 Å². The first-order chi connectivity index (χ1) is 9.10. The van der Waals surface area contributed by atoms with Gasteiger partial charge in [0.1, 0.15) is 0 Å². The van der Waals surface area contributed by atoms with Gasteiger partial charge in [-0.05, 0) is 43.3 Å². The molecule has 0 spiro atoms. The number of rotatable bonds is 4. The van der Waals surface area contributed by atoms with E-state index in [4.69, 9.17) is 5.73 Å². The van der Waals surface area contributed by atoms with Crippen molar-refractivity contribution in [3.63, 3.8) is 0 Å². The highest BCUT2D eigenvalue weighted by molar-refractivity contribution is 7.89. The van der Waals surface area contributed by atoms with Gasteiger partial charge in [0.2, 0.25) is 10.0 Å². The first-order valence-corrected chi connectivity index (χ1v) is 8.97. The Morgan fingerprint density at radius 1 is 1.42 bits per heavy atom. The zero-order valence-corrected chi connectivity index (χ0v) is 12.3. The van der Waals surface area contributed by atoms with E-state index in [0.29, 0.717) is 10.8 Å². The number of nitrogens with two attached hydrogens (primary N) is 1. The summed E-state index contributed by atoms with van der Waals surface area (Å²) in [6.45, 7) is 3.32. The van der Waals surface area contributed by atoms with Crippen LogP contribution < -0.4 is 10.5 Å². The first kappa shape index (κ1) is 13.5. The Balaban J connectivity index is 1.79. The Bertz CT molecular complexity index is 547. The van der Waals surface area contributed by atoms with E-state index in [1.54, 1.807) is 11.4 Å². The lowest BCUT2D eigenvalue weighted by molar-refractivity contribution is 0.0827. The van der Waals surface area contributed by atoms with Crippen molar-refractivity contribution >= 4 is 21.4 Å². The number of hydrogen-bond acceptors (Lipinski definition) is 5. The van der Waals surface area contributed by atoms with Crippen LogP contribution in [0.15, 0.2) is 16.3 Å². The van der Waals surface area contributed by atoms with Gasteiger partial charge in [0, 0.05) is 24.0 Å². The number of sulfonamides is 1. The van der Waals surface area contributed by atoms with Crippen molar-refractivity contribution in [1.82, 2.24) is 9.62 Å². The Morgan fingerprint density at radius 2 is 2.16 bits per heavy atom. The normalized spacial score (nSPS) is 30.7. The second-order valence-electron chi connectivity index (χ2n) is 5.28. The minimum absolute atomic E-state index is 0.0537. The molecule has 106 valence electrons. The molecular formula is C12H19N3O2S2. The summed E-state index contributed by atoms with van der Waals surface area (Å²) in [7, 11) is -3.43. The van der Waals surface area contributed by atoms with E-state index in [1.807, 2.05) is 0 Å². The van der Waals surface area contributed by atoms with E-state index >= 15 is 0 Å². The molecule has 0 amide bonds. The lowest BCUT2D eigenvalue weighted by Crippen LogP contribution is -2.57. The van der Waals surface area contributed by atoms with Crippen LogP contribution in [0.2, 0.25) is 0 Å². The molecule has 19 heavy (non-hydrogen) atoms. The summed E-state index contributed by atoms with van der Waals surface area (Å²) in [6.07, 6.45) is 2.20. The van der Waals surface area contributed by atoms with Gasteiger partial charge in [0.15, 0.2) is 0 Å². The second kappa shape index (κ2) is 5.14. The zero-order chi connectivity index (χ0) is 13.5. The Morgan fingerprint density at radius 3 is 2.74 bits per heavy atom. The molecule has 1 unspecified atom stereocenters. The van der Waals surface area contributed by atoms with E-state index in [1.165, 1.54) is 11.3 Å². The van der Waals surface area contributed by atoms with Crippen LogP contribution in [0.1, 0.15) is 17.7 Å². The van der Waals surface area contributed by atoms with Crippen molar-refractivity contribution in [2.45, 2.75) is 30.3 Å². The van der Waals surface area contributed by atoms with E-state index < -0.39 is 10.0 Å². The van der Waals surface area contributed by atoms with Crippen LogP contribution in [-0.2, 0) is 16.6 Å². The molecule has 1 aromatic rings. The number of fused-ring (bicyclic) bond motifs is 3. The quantitative estimate of drug-likeness (QED) is 0.853. The highest BCUT2D eigenvalue weighted by Gasteiger charge is 2.36. The third kappa shape index (κ3) is 2.57. The molecule has 0 radical (unpaired) electrons. The van der Waals surface area contributed by atoms with Crippen LogP contribution in [0.5, 0.6) is 0 Å². The molecule has 3 aliphatic heterocycles. The van der Waals surface area contributed by atoms with Crippen LogP contribution in [0, 0.1) is 5.92 Å². The Labute approximate surface area is 117 Å². The molecular weight excluding hydrogens is 282 g/mol. The number of thiophene rings is 1. The molecule has 3 fully saturated rings. The predicted molar refractivity (Wildman–Crippen MR) is 75.5 cm³/mol. The minimum Gasteiger partial charge on any atom is -0.326 e. The minimum atomic E-state index is -3.43. The van der Waals surface area contributed by atoms with Gasteiger partial charge in [-0.15, -0.1) is 11.3 Å². The van der Waals surface area contributed by atoms with E-state index in [0.717, 1.165) is 37.4 Å². The smallest absolute Gasteiger partial charge is 0.242 e. The maximum Gasteiger partial charge on any atom is 0.242 e. The van der Waals surface area contributed by atoms with Crippen LogP contribution in [0.4, 0.5) is 0 Å². The zero-order valence-electron chi connectivity index (χ0n) is 10.7. The molecule has 1 aromatic heterocycles. The second-order valence-corrected chi connectivity index (χ2v) is 7.96. The number of hydrogen-bond donors (Lipinski definition) is 2. The molecule has 4 heterocycles. The lowest BCUT2D eigenvalue weighted by atomic mass is 9.85. The third-order valence-corrected chi connectivity index (χ3v) is 6.79. The molecule has 5 nitrogen and oxygen atoms in total. The molecule has 0 aromatic carbocycles. The number of piperidine rings is 3.